The molecule has 1 aliphatic carbocycles. The lowest BCUT2D eigenvalue weighted by atomic mass is 9.80. The van der Waals surface area contributed by atoms with E-state index in [-0.39, 0.29) is 17.4 Å². The van der Waals surface area contributed by atoms with Gasteiger partial charge in [0, 0.05) is 24.1 Å². The summed E-state index contributed by atoms with van der Waals surface area (Å²) < 4.78 is 2.12. The molecule has 0 radical (unpaired) electrons. The third-order valence-corrected chi connectivity index (χ3v) is 7.80. The van der Waals surface area contributed by atoms with E-state index >= 15 is 0 Å². The summed E-state index contributed by atoms with van der Waals surface area (Å²) in [5.41, 5.74) is 5.20. The van der Waals surface area contributed by atoms with E-state index in [1.165, 1.54) is 22.5 Å². The molecule has 1 aliphatic rings. The van der Waals surface area contributed by atoms with Crippen molar-refractivity contribution in [2.45, 2.75) is 32.1 Å². The van der Waals surface area contributed by atoms with Crippen molar-refractivity contribution in [2.24, 2.45) is 0 Å². The smallest absolute Gasteiger partial charge is 0.339 e. The highest BCUT2D eigenvalue weighted by atomic mass is 32.2. The summed E-state index contributed by atoms with van der Waals surface area (Å²) in [4.78, 5) is 25.0. The molecule has 0 aliphatic heterocycles. The molecule has 2 aromatic carbocycles. The summed E-state index contributed by atoms with van der Waals surface area (Å²) in [6.07, 6.45) is 4.68. The molecular weight excluding hydrogens is 440 g/mol. The Bertz CT molecular complexity index is 1120. The predicted molar refractivity (Wildman–Crippen MR) is 133 cm³/mol. The zero-order valence-corrected chi connectivity index (χ0v) is 19.8. The van der Waals surface area contributed by atoms with Gasteiger partial charge in [0.05, 0.1) is 5.56 Å². The van der Waals surface area contributed by atoms with Gasteiger partial charge in [-0.1, -0.05) is 36.2 Å². The predicted octanol–water partition coefficient (Wildman–Crippen LogP) is 6.08. The molecule has 5 nitrogen and oxygen atoms in total. The maximum absolute atomic E-state index is 12.8. The number of fused-ring (bicyclic) bond motifs is 1. The van der Waals surface area contributed by atoms with Crippen LogP contribution in [0.4, 0.5) is 10.7 Å². The van der Waals surface area contributed by atoms with E-state index in [1.54, 1.807) is 24.1 Å². The van der Waals surface area contributed by atoms with Crippen LogP contribution in [0, 0.1) is 0 Å². The lowest BCUT2D eigenvalue weighted by Gasteiger charge is -2.24. The van der Waals surface area contributed by atoms with Crippen molar-refractivity contribution in [3.8, 4) is 0 Å². The van der Waals surface area contributed by atoms with Crippen molar-refractivity contribution in [1.29, 1.82) is 0 Å². The standard InChI is InChI=1S/C25H26N2O3S2/c1-3-27(31-2)20-12-10-17(11-13-20)23(28)26-24-22(25(29)30)21(15-32-24)19-9-8-16-6-4-5-7-18(16)14-19/h4-7,10-13,15,19H,3,8-9,14H2,1-2H3,(H,26,28)(H,29,30). The third kappa shape index (κ3) is 4.54. The molecule has 2 N–H and O–H groups in total. The molecule has 7 heteroatoms. The average molecular weight is 467 g/mol. The van der Waals surface area contributed by atoms with E-state index in [4.69, 9.17) is 0 Å². The SMILES string of the molecule is CCN(SC)c1ccc(C(=O)Nc2scc(C3CCc4ccccc4C3)c2C(=O)O)cc1. The van der Waals surface area contributed by atoms with E-state index in [9.17, 15) is 14.7 Å². The van der Waals surface area contributed by atoms with Crippen LogP contribution in [0.5, 0.6) is 0 Å². The van der Waals surface area contributed by atoms with Gasteiger partial charge in [-0.2, -0.15) is 0 Å². The lowest BCUT2D eigenvalue weighted by molar-refractivity contribution is 0.0696. The van der Waals surface area contributed by atoms with Crippen LogP contribution in [-0.2, 0) is 12.8 Å². The number of anilines is 2. The zero-order valence-electron chi connectivity index (χ0n) is 18.1. The first-order valence-electron chi connectivity index (χ1n) is 10.7. The highest BCUT2D eigenvalue weighted by Crippen LogP contribution is 2.40. The number of hydrogen-bond donors (Lipinski definition) is 2. The fraction of sp³-hybridized carbons (Fsp3) is 0.280. The van der Waals surface area contributed by atoms with Gasteiger partial charge in [0.15, 0.2) is 0 Å². The molecule has 1 atom stereocenters. The maximum Gasteiger partial charge on any atom is 0.339 e. The number of carbonyl (C=O) groups is 2. The number of rotatable bonds is 7. The van der Waals surface area contributed by atoms with Crippen LogP contribution in [-0.4, -0.2) is 29.8 Å². The number of aryl methyl sites for hydroxylation is 1. The van der Waals surface area contributed by atoms with Gasteiger partial charge in [0.2, 0.25) is 0 Å². The number of thiophene rings is 1. The quantitative estimate of drug-likeness (QED) is 0.413. The van der Waals surface area contributed by atoms with Crippen LogP contribution in [0.3, 0.4) is 0 Å². The minimum absolute atomic E-state index is 0.142. The molecule has 32 heavy (non-hydrogen) atoms. The highest BCUT2D eigenvalue weighted by Gasteiger charge is 2.28. The topological polar surface area (TPSA) is 69.6 Å². The van der Waals surface area contributed by atoms with Crippen LogP contribution in [0.1, 0.15) is 56.7 Å². The number of carboxylic acids is 1. The zero-order chi connectivity index (χ0) is 22.7. The molecule has 1 aromatic heterocycles. The Morgan fingerprint density at radius 2 is 1.88 bits per heavy atom. The van der Waals surface area contributed by atoms with Crippen LogP contribution in [0.2, 0.25) is 0 Å². The third-order valence-electron chi connectivity index (χ3n) is 5.97. The maximum atomic E-state index is 12.8. The molecule has 166 valence electrons. The highest BCUT2D eigenvalue weighted by molar-refractivity contribution is 7.99. The molecular formula is C25H26N2O3S2. The van der Waals surface area contributed by atoms with Gasteiger partial charge in [-0.05, 0) is 78.4 Å². The minimum atomic E-state index is -0.996. The first-order valence-corrected chi connectivity index (χ1v) is 12.7. The van der Waals surface area contributed by atoms with Crippen molar-refractivity contribution in [3.63, 3.8) is 0 Å². The largest absolute Gasteiger partial charge is 0.478 e. The molecule has 4 rings (SSSR count). The van der Waals surface area contributed by atoms with E-state index in [0.717, 1.165) is 37.1 Å². The summed E-state index contributed by atoms with van der Waals surface area (Å²) in [5, 5.41) is 15.1. The summed E-state index contributed by atoms with van der Waals surface area (Å²) in [7, 11) is 0. The second-order valence-electron chi connectivity index (χ2n) is 7.79. The second kappa shape index (κ2) is 9.79. The van der Waals surface area contributed by atoms with Crippen molar-refractivity contribution < 1.29 is 14.7 Å². The number of amides is 1. The van der Waals surface area contributed by atoms with Gasteiger partial charge in [-0.3, -0.25) is 4.79 Å². The summed E-state index contributed by atoms with van der Waals surface area (Å²) in [6, 6.07) is 15.7. The summed E-state index contributed by atoms with van der Waals surface area (Å²) >= 11 is 2.92. The Morgan fingerprint density at radius 3 is 2.53 bits per heavy atom. The van der Waals surface area contributed by atoms with Crippen molar-refractivity contribution in [3.05, 3.63) is 81.7 Å². The van der Waals surface area contributed by atoms with Gasteiger partial charge in [-0.25, -0.2) is 4.79 Å². The molecule has 1 unspecified atom stereocenters. The van der Waals surface area contributed by atoms with Gasteiger partial charge in [-0.15, -0.1) is 11.3 Å². The fourth-order valence-electron chi connectivity index (χ4n) is 4.32. The molecule has 3 aromatic rings. The van der Waals surface area contributed by atoms with Crippen LogP contribution >= 0.6 is 23.3 Å². The van der Waals surface area contributed by atoms with Crippen molar-refractivity contribution >= 4 is 45.8 Å². The monoisotopic (exact) mass is 466 g/mol. The van der Waals surface area contributed by atoms with E-state index in [0.29, 0.717) is 10.6 Å². The molecule has 0 saturated carbocycles. The number of nitrogens with one attached hydrogen (secondary N) is 1. The van der Waals surface area contributed by atoms with Crippen molar-refractivity contribution in [1.82, 2.24) is 0 Å². The number of benzene rings is 2. The van der Waals surface area contributed by atoms with Gasteiger partial charge in [0.1, 0.15) is 5.00 Å². The summed E-state index contributed by atoms with van der Waals surface area (Å²) in [6.45, 7) is 2.93. The molecule has 0 fully saturated rings. The van der Waals surface area contributed by atoms with E-state index in [1.807, 2.05) is 35.9 Å². The Labute approximate surface area is 196 Å². The molecule has 1 heterocycles. The Balaban J connectivity index is 1.54. The Kier molecular flexibility index (Phi) is 6.86. The van der Waals surface area contributed by atoms with Gasteiger partial charge < -0.3 is 14.7 Å². The summed E-state index contributed by atoms with van der Waals surface area (Å²) in [5.74, 6) is -1.15. The normalized spacial score (nSPS) is 15.1. The van der Waals surface area contributed by atoms with Gasteiger partial charge in [0.25, 0.3) is 5.91 Å². The Morgan fingerprint density at radius 1 is 1.16 bits per heavy atom. The fourth-order valence-corrected chi connectivity index (χ4v) is 5.94. The van der Waals surface area contributed by atoms with Crippen LogP contribution < -0.4 is 9.62 Å². The number of hydrogen-bond acceptors (Lipinski definition) is 5. The van der Waals surface area contributed by atoms with Crippen LogP contribution in [0.15, 0.2) is 53.9 Å². The van der Waals surface area contributed by atoms with Crippen molar-refractivity contribution in [2.75, 3.05) is 22.4 Å². The first kappa shape index (κ1) is 22.4. The minimum Gasteiger partial charge on any atom is -0.478 e. The Hall–Kier alpha value is -2.77. The van der Waals surface area contributed by atoms with E-state index in [2.05, 4.69) is 28.7 Å². The first-order chi connectivity index (χ1) is 15.5. The van der Waals surface area contributed by atoms with Gasteiger partial charge >= 0.3 is 5.97 Å². The molecule has 1 amide bonds. The average Bonchev–Trinajstić information content (AvgIpc) is 3.24. The lowest BCUT2D eigenvalue weighted by Crippen LogP contribution is -2.17. The second-order valence-corrected chi connectivity index (χ2v) is 9.47. The number of carboxylic acid groups (broad SMARTS) is 1. The molecule has 0 bridgehead atoms. The number of nitrogens with zero attached hydrogens (tertiary/aromatic N) is 1. The van der Waals surface area contributed by atoms with Crippen LogP contribution in [0.25, 0.3) is 0 Å². The molecule has 0 saturated heterocycles. The number of carbonyl (C=O) groups excluding carboxylic acids is 1. The molecule has 0 spiro atoms. The number of aromatic carboxylic acids is 1. The van der Waals surface area contributed by atoms with E-state index < -0.39 is 5.97 Å².